The zero-order valence-corrected chi connectivity index (χ0v) is 81.2. The van der Waals surface area contributed by atoms with Gasteiger partial charge in [-0.1, -0.05) is 239 Å². The van der Waals surface area contributed by atoms with Crippen molar-refractivity contribution in [1.82, 2.24) is 59.8 Å². The number of Topliss-reactive ketones (excluding diaryl/α,β-unsaturated/α-hetero) is 1. The molecular formula is C109H81B3Br6N12O6. The molecule has 136 heavy (non-hydrogen) atoms. The van der Waals surface area contributed by atoms with Gasteiger partial charge in [-0.05, 0) is 308 Å². The highest BCUT2D eigenvalue weighted by Crippen LogP contribution is 2.34. The van der Waals surface area contributed by atoms with Crippen molar-refractivity contribution < 1.29 is 29.2 Å². The largest absolute Gasteiger partial charge is 0.488 e. The van der Waals surface area contributed by atoms with Crippen molar-refractivity contribution in [3.63, 3.8) is 0 Å². The van der Waals surface area contributed by atoms with Crippen LogP contribution in [0.3, 0.4) is 0 Å². The molecule has 0 atom stereocenters. The molecule has 27 heteroatoms. The summed E-state index contributed by atoms with van der Waals surface area (Å²) in [6, 6.07) is 113. The number of halogens is 6. The number of hydrogen-bond acceptors (Lipinski definition) is 18. The van der Waals surface area contributed by atoms with Crippen molar-refractivity contribution in [2.75, 3.05) is 0 Å². The lowest BCUT2D eigenvalue weighted by Gasteiger charge is -2.10. The highest BCUT2D eigenvalue weighted by molar-refractivity contribution is 9.11. The first-order chi connectivity index (χ1) is 64.3. The van der Waals surface area contributed by atoms with Gasteiger partial charge in [0.05, 0.1) is 79.7 Å². The second-order valence-electron chi connectivity index (χ2n) is 26.7. The smallest absolute Gasteiger partial charge is 0.423 e. The number of hydrogen-bond donors (Lipinski definition) is 2. The maximum atomic E-state index is 10.7. The minimum atomic E-state index is -1.34. The number of carbonyl (C=O) groups excluding carboxylic acids is 4. The molecule has 0 spiro atoms. The Morgan fingerprint density at radius 3 is 0.713 bits per heavy atom. The first kappa shape index (κ1) is 110. The molecule has 5 aromatic carbocycles. The van der Waals surface area contributed by atoms with E-state index in [1.807, 2.05) is 261 Å². The predicted octanol–water partition coefficient (Wildman–Crippen LogP) is 24.7. The monoisotopic (exact) mass is 2160 g/mol. The van der Waals surface area contributed by atoms with E-state index in [4.69, 9.17) is 30.0 Å². The molecule has 664 valence electrons. The van der Waals surface area contributed by atoms with Crippen LogP contribution in [0.5, 0.6) is 0 Å². The average molecular weight is 2170 g/mol. The molecule has 0 aliphatic carbocycles. The fourth-order valence-corrected chi connectivity index (χ4v) is 13.5. The normalized spacial score (nSPS) is 9.32. The van der Waals surface area contributed by atoms with E-state index < -0.39 is 7.12 Å². The third kappa shape index (κ3) is 37.1. The van der Waals surface area contributed by atoms with Gasteiger partial charge in [0.25, 0.3) is 0 Å². The molecule has 0 bridgehead atoms. The van der Waals surface area contributed by atoms with Crippen LogP contribution in [0.1, 0.15) is 77.6 Å². The summed E-state index contributed by atoms with van der Waals surface area (Å²) in [4.78, 5) is 96.0. The van der Waals surface area contributed by atoms with Gasteiger partial charge in [-0.15, -0.1) is 0 Å². The Bertz CT molecular complexity index is 6650. The van der Waals surface area contributed by atoms with Crippen molar-refractivity contribution >= 4 is 150 Å². The lowest BCUT2D eigenvalue weighted by atomic mass is 9.81. The Balaban J connectivity index is 0.000000251. The van der Waals surface area contributed by atoms with E-state index in [0.717, 1.165) is 144 Å². The van der Waals surface area contributed by atoms with E-state index in [1.165, 1.54) is 6.92 Å². The Hall–Kier alpha value is -14.6. The number of pyridine rings is 12. The Morgan fingerprint density at radius 2 is 0.471 bits per heavy atom. The third-order valence-corrected chi connectivity index (χ3v) is 20.1. The van der Waals surface area contributed by atoms with Gasteiger partial charge < -0.3 is 10.0 Å². The molecule has 0 aliphatic heterocycles. The maximum absolute atomic E-state index is 10.7. The van der Waals surface area contributed by atoms with Gasteiger partial charge in [0.15, 0.2) is 24.6 Å². The summed E-state index contributed by atoms with van der Waals surface area (Å²) in [7, 11) is -1.34. The number of aldehydes is 3. The van der Waals surface area contributed by atoms with E-state index in [-0.39, 0.29) is 37.5 Å². The van der Waals surface area contributed by atoms with Crippen molar-refractivity contribution in [1.29, 1.82) is 0 Å². The van der Waals surface area contributed by atoms with E-state index in [2.05, 4.69) is 219 Å². The van der Waals surface area contributed by atoms with Crippen LogP contribution in [0, 0.1) is 59.2 Å². The summed E-state index contributed by atoms with van der Waals surface area (Å²) in [6.45, 7) is 4.94. The van der Waals surface area contributed by atoms with Crippen LogP contribution in [0.2, 0.25) is 0 Å². The average Bonchev–Trinajstić information content (AvgIpc) is 0.796. The third-order valence-electron chi connectivity index (χ3n) is 17.4. The molecule has 12 heterocycles. The lowest BCUT2D eigenvalue weighted by molar-refractivity contribution is 0.101. The summed E-state index contributed by atoms with van der Waals surface area (Å²) < 4.78 is 4.41. The predicted molar refractivity (Wildman–Crippen MR) is 570 cm³/mol. The van der Waals surface area contributed by atoms with Crippen molar-refractivity contribution in [2.45, 2.75) is 35.6 Å². The Labute approximate surface area is 847 Å². The fourth-order valence-electron chi connectivity index (χ4n) is 11.4. The second kappa shape index (κ2) is 60.5. The lowest BCUT2D eigenvalue weighted by Crippen LogP contribution is -2.29. The standard InChI is InChI=1S/2C26H16Br2N4.2C12H9NO.C12H6.C7H6BrNO.C6H7BO2.C6H4BrNO.2CH4.2B/c2*27-25-13-5-11-21(31-25)23-15-18(16-24(30-23)22-12-6-14-26(28)32-22)20-10-4-9-19(29-20)17-7-2-1-3-8-17;2*14-9-11-7-4-8-12(13-11)10-5-2-1-3-6-10;1-3-5-7-9-11-12-10-8-6-4-2;1-5(10)6-3-2-4-7(8)9-6;8-7(9)6-4-2-1-3-5-6;7-6-3-1-2-5(4-9)8-6;;;;/h2*1-16H;2*1-9H;1-2H3;2-4H,1H3;1-5,8-9H;1-4H;2*1H4;;. The van der Waals surface area contributed by atoms with Gasteiger partial charge in [-0.3, -0.25) is 19.2 Å². The molecule has 0 amide bonds. The SMILES string of the molecule is Brc1cccc(-c2cc(-c3cccc(-c4ccccc4)n3)cc(-c3cccc(Br)n3)n2)n1.Brc1cccc(-c2cc(-c3cccc(-c4ccccc4)n3)cc(-c3cccc(Br)n3)n2)n1.C.C.CC#CC#CC#CC#CC#CC.CC(=O)c1cccc(Br)n1.O=Cc1cccc(-c2ccccc2)n1.O=Cc1cccc(-c2ccccc2)n1.O=Cc1cccc(Br)n1.OB(O)c1ccccc1.[B].[B]. The number of carbonyl (C=O) groups is 4. The van der Waals surface area contributed by atoms with Gasteiger partial charge in [0.1, 0.15) is 50.4 Å². The summed E-state index contributed by atoms with van der Waals surface area (Å²) in [5.41, 5.74) is 19.8. The van der Waals surface area contributed by atoms with E-state index in [0.29, 0.717) is 43.7 Å². The van der Waals surface area contributed by atoms with Crippen LogP contribution in [-0.4, -0.2) is 118 Å². The number of aromatic nitrogens is 12. The van der Waals surface area contributed by atoms with Gasteiger partial charge in [0.2, 0.25) is 0 Å². The number of rotatable bonds is 15. The minimum Gasteiger partial charge on any atom is -0.423 e. The van der Waals surface area contributed by atoms with Crippen LogP contribution in [0.15, 0.2) is 386 Å². The number of benzene rings is 5. The fraction of sp³-hybridized carbons (Fsp3) is 0.0459. The van der Waals surface area contributed by atoms with E-state index >= 15 is 0 Å². The molecule has 12 aromatic heterocycles. The topological polar surface area (TPSA) is 263 Å². The van der Waals surface area contributed by atoms with Gasteiger partial charge in [-0.25, -0.2) is 59.8 Å². The molecule has 0 saturated heterocycles. The van der Waals surface area contributed by atoms with Crippen LogP contribution >= 0.6 is 95.6 Å². The van der Waals surface area contributed by atoms with Crippen LogP contribution in [0.4, 0.5) is 0 Å². The minimum absolute atomic E-state index is 0. The van der Waals surface area contributed by atoms with Gasteiger partial charge >= 0.3 is 7.12 Å². The quantitative estimate of drug-likeness (QED) is 0.0318. The van der Waals surface area contributed by atoms with Crippen molar-refractivity contribution in [3.8, 4) is 172 Å². The molecule has 0 unspecified atom stereocenters. The molecule has 18 nitrogen and oxygen atoms in total. The number of nitrogens with zero attached hydrogens (tertiary/aromatic N) is 12. The van der Waals surface area contributed by atoms with Crippen LogP contribution in [0.25, 0.3) is 113 Å². The van der Waals surface area contributed by atoms with Crippen molar-refractivity contribution in [3.05, 3.63) is 408 Å². The van der Waals surface area contributed by atoms with E-state index in [9.17, 15) is 19.2 Å². The molecule has 17 aromatic rings. The Morgan fingerprint density at radius 1 is 0.250 bits per heavy atom. The molecule has 0 saturated carbocycles. The maximum Gasteiger partial charge on any atom is 0.488 e. The molecule has 0 aliphatic rings. The highest BCUT2D eigenvalue weighted by Gasteiger charge is 2.17. The van der Waals surface area contributed by atoms with Crippen LogP contribution in [-0.2, 0) is 0 Å². The molecule has 0 fully saturated rings. The summed E-state index contributed by atoms with van der Waals surface area (Å²) in [5.74, 6) is 25.5. The Kier molecular flexibility index (Phi) is 49.0. The van der Waals surface area contributed by atoms with Crippen LogP contribution < -0.4 is 5.46 Å². The van der Waals surface area contributed by atoms with Crippen molar-refractivity contribution in [2.24, 2.45) is 0 Å². The zero-order valence-electron chi connectivity index (χ0n) is 71.7. The molecule has 17 rings (SSSR count). The second-order valence-corrected chi connectivity index (χ2v) is 31.6. The number of ketones is 1. The molecular weight excluding hydrogens is 2090 g/mol. The first-order valence-electron chi connectivity index (χ1n) is 39.9. The van der Waals surface area contributed by atoms with Gasteiger partial charge in [0, 0.05) is 57.1 Å². The summed E-state index contributed by atoms with van der Waals surface area (Å²) >= 11 is 20.1. The molecule has 2 N–H and O–H groups in total. The van der Waals surface area contributed by atoms with E-state index in [1.54, 1.807) is 86.6 Å². The summed E-state index contributed by atoms with van der Waals surface area (Å²) in [5, 5.41) is 17.2. The van der Waals surface area contributed by atoms with Gasteiger partial charge in [-0.2, -0.15) is 0 Å². The first-order valence-corrected chi connectivity index (χ1v) is 44.6. The highest BCUT2D eigenvalue weighted by atomic mass is 79.9. The molecule has 6 radical (unpaired) electrons. The summed E-state index contributed by atoms with van der Waals surface area (Å²) in [6.07, 6.45) is 2.23. The zero-order chi connectivity index (χ0) is 93.4.